The maximum absolute atomic E-state index is 5.70. The highest BCUT2D eigenvalue weighted by Gasteiger charge is 2.12. The molecule has 8 heteroatoms. The van der Waals surface area contributed by atoms with E-state index in [-0.39, 0.29) is 0 Å². The Morgan fingerprint density at radius 1 is 1.14 bits per heavy atom. The largest absolute Gasteiger partial charge is 0.494 e. The van der Waals surface area contributed by atoms with Gasteiger partial charge in [-0.05, 0) is 37.1 Å². The van der Waals surface area contributed by atoms with Crippen molar-refractivity contribution in [2.24, 2.45) is 10.9 Å². The van der Waals surface area contributed by atoms with E-state index in [0.717, 1.165) is 61.6 Å². The molecule has 0 atom stereocenters. The van der Waals surface area contributed by atoms with Crippen LogP contribution in [0.1, 0.15) is 32.5 Å². The van der Waals surface area contributed by atoms with Gasteiger partial charge in [-0.3, -0.25) is 4.99 Å². The van der Waals surface area contributed by atoms with Crippen LogP contribution in [0, 0.1) is 5.92 Å². The van der Waals surface area contributed by atoms with Gasteiger partial charge in [-0.1, -0.05) is 43.8 Å². The summed E-state index contributed by atoms with van der Waals surface area (Å²) < 4.78 is 7.95. The molecular weight excluding hydrogens is 384 g/mol. The molecule has 7 nitrogen and oxygen atoms in total. The molecule has 2 N–H and O–H groups in total. The third kappa shape index (κ3) is 8.35. The van der Waals surface area contributed by atoms with Crippen molar-refractivity contribution in [3.05, 3.63) is 36.2 Å². The smallest absolute Gasteiger partial charge is 0.190 e. The van der Waals surface area contributed by atoms with Gasteiger partial charge in [-0.15, -0.1) is 10.2 Å². The van der Waals surface area contributed by atoms with E-state index < -0.39 is 0 Å². The topological polar surface area (TPSA) is 76.4 Å². The fourth-order valence-corrected chi connectivity index (χ4v) is 3.39. The second-order valence-corrected chi connectivity index (χ2v) is 7.93. The third-order valence-electron chi connectivity index (χ3n) is 4.24. The van der Waals surface area contributed by atoms with Gasteiger partial charge in [0.1, 0.15) is 11.6 Å². The number of hydrogen-bond donors (Lipinski definition) is 2. The molecule has 2 aromatic rings. The molecule has 0 spiro atoms. The highest BCUT2D eigenvalue weighted by Crippen LogP contribution is 2.16. The Bertz CT molecular complexity index is 732. The lowest BCUT2D eigenvalue weighted by Crippen LogP contribution is -2.38. The van der Waals surface area contributed by atoms with Crippen LogP contribution in [0.5, 0.6) is 5.75 Å². The first-order valence-corrected chi connectivity index (χ1v) is 11.4. The van der Waals surface area contributed by atoms with Gasteiger partial charge >= 0.3 is 0 Å². The second kappa shape index (κ2) is 13.1. The monoisotopic (exact) mass is 418 g/mol. The number of thioether (sulfide) groups is 1. The minimum atomic E-state index is 0.572. The van der Waals surface area contributed by atoms with Crippen LogP contribution in [-0.2, 0) is 13.0 Å². The summed E-state index contributed by atoms with van der Waals surface area (Å²) in [4.78, 5) is 4.28. The number of aromatic nitrogens is 3. The number of nitrogens with zero attached hydrogens (tertiary/aromatic N) is 4. The molecule has 1 aromatic heterocycles. The summed E-state index contributed by atoms with van der Waals surface area (Å²) in [5.74, 6) is 3.36. The van der Waals surface area contributed by atoms with Crippen LogP contribution in [0.25, 0.3) is 0 Å². The van der Waals surface area contributed by atoms with Crippen LogP contribution >= 0.6 is 11.8 Å². The van der Waals surface area contributed by atoms with Gasteiger partial charge in [0.15, 0.2) is 11.1 Å². The molecule has 0 fully saturated rings. The van der Waals surface area contributed by atoms with Gasteiger partial charge in [-0.25, -0.2) is 0 Å². The Morgan fingerprint density at radius 3 is 2.52 bits per heavy atom. The highest BCUT2D eigenvalue weighted by atomic mass is 32.2. The van der Waals surface area contributed by atoms with Crippen molar-refractivity contribution in [3.8, 4) is 5.75 Å². The van der Waals surface area contributed by atoms with E-state index in [9.17, 15) is 0 Å². The maximum atomic E-state index is 5.70. The van der Waals surface area contributed by atoms with Gasteiger partial charge in [0.2, 0.25) is 0 Å². The van der Waals surface area contributed by atoms with Gasteiger partial charge in [-0.2, -0.15) is 0 Å². The lowest BCUT2D eigenvalue weighted by Gasteiger charge is -2.13. The third-order valence-corrected chi connectivity index (χ3v) is 4.91. The minimum absolute atomic E-state index is 0.572. The predicted molar refractivity (Wildman–Crippen MR) is 121 cm³/mol. The summed E-state index contributed by atoms with van der Waals surface area (Å²) in [5, 5.41) is 16.4. The molecule has 1 heterocycles. The zero-order chi connectivity index (χ0) is 20.9. The van der Waals surface area contributed by atoms with Crippen LogP contribution in [0.2, 0.25) is 0 Å². The van der Waals surface area contributed by atoms with E-state index in [1.165, 1.54) is 0 Å². The molecule has 0 saturated heterocycles. The van der Waals surface area contributed by atoms with E-state index >= 15 is 0 Å². The van der Waals surface area contributed by atoms with E-state index in [1.807, 2.05) is 36.6 Å². The van der Waals surface area contributed by atoms with Gasteiger partial charge in [0.25, 0.3) is 0 Å². The average Bonchev–Trinajstić information content (AvgIpc) is 3.11. The fraction of sp³-hybridized carbons (Fsp3) is 0.571. The second-order valence-electron chi connectivity index (χ2n) is 7.15. The number of para-hydroxylation sites is 1. The zero-order valence-electron chi connectivity index (χ0n) is 18.0. The molecule has 0 aliphatic heterocycles. The molecule has 0 aliphatic carbocycles. The SMILES string of the molecule is CN=C(NCCCOc1ccccc1)NCCCc1nnc(SC)n1CC(C)C. The summed E-state index contributed by atoms with van der Waals surface area (Å²) in [6.45, 7) is 7.72. The van der Waals surface area contributed by atoms with Gasteiger partial charge < -0.3 is 19.9 Å². The quantitative estimate of drug-likeness (QED) is 0.239. The first-order valence-electron chi connectivity index (χ1n) is 10.2. The van der Waals surface area contributed by atoms with E-state index in [2.05, 4.69) is 44.2 Å². The average molecular weight is 419 g/mol. The summed E-state index contributed by atoms with van der Waals surface area (Å²) in [6.07, 6.45) is 4.83. The minimum Gasteiger partial charge on any atom is -0.494 e. The van der Waals surface area contributed by atoms with E-state index in [4.69, 9.17) is 4.74 Å². The predicted octanol–water partition coefficient (Wildman–Crippen LogP) is 3.22. The summed E-state index contributed by atoms with van der Waals surface area (Å²) in [6, 6.07) is 9.88. The molecule has 0 amide bonds. The van der Waals surface area contributed by atoms with Gasteiger partial charge in [0.05, 0.1) is 6.61 Å². The molecule has 0 radical (unpaired) electrons. The number of ether oxygens (including phenoxy) is 1. The van der Waals surface area contributed by atoms with Crippen molar-refractivity contribution in [3.63, 3.8) is 0 Å². The van der Waals surface area contributed by atoms with Crippen LogP contribution in [0.4, 0.5) is 0 Å². The summed E-state index contributed by atoms with van der Waals surface area (Å²) >= 11 is 1.65. The first-order chi connectivity index (χ1) is 14.1. The van der Waals surface area contributed by atoms with Crippen molar-refractivity contribution < 1.29 is 4.74 Å². The fourth-order valence-electron chi connectivity index (χ4n) is 2.86. The molecule has 0 unspecified atom stereocenters. The Morgan fingerprint density at radius 2 is 1.86 bits per heavy atom. The number of benzene rings is 1. The molecular formula is C21H34N6OS. The van der Waals surface area contributed by atoms with Crippen molar-refractivity contribution in [1.29, 1.82) is 0 Å². The standard InChI is InChI=1S/C21H34N6OS/c1-17(2)16-27-19(25-26-21(27)29-4)12-8-13-23-20(22-3)24-14-9-15-28-18-10-6-5-7-11-18/h5-7,10-11,17H,8-9,12-16H2,1-4H3,(H2,22,23,24). The van der Waals surface area contributed by atoms with Crippen molar-refractivity contribution >= 4 is 17.7 Å². The Balaban J connectivity index is 1.64. The number of nitrogens with one attached hydrogen (secondary N) is 2. The van der Waals surface area contributed by atoms with Crippen molar-refractivity contribution in [1.82, 2.24) is 25.4 Å². The summed E-state index contributed by atoms with van der Waals surface area (Å²) in [5.41, 5.74) is 0. The zero-order valence-corrected chi connectivity index (χ0v) is 18.8. The number of hydrogen-bond acceptors (Lipinski definition) is 5. The number of guanidine groups is 1. The van der Waals surface area contributed by atoms with Crippen LogP contribution in [0.3, 0.4) is 0 Å². The molecule has 0 bridgehead atoms. The molecule has 29 heavy (non-hydrogen) atoms. The molecule has 160 valence electrons. The maximum Gasteiger partial charge on any atom is 0.190 e. The highest BCUT2D eigenvalue weighted by molar-refractivity contribution is 7.98. The summed E-state index contributed by atoms with van der Waals surface area (Å²) in [7, 11) is 1.79. The number of aryl methyl sites for hydroxylation is 1. The van der Waals surface area contributed by atoms with Crippen molar-refractivity contribution in [2.75, 3.05) is 33.0 Å². The molecule has 0 saturated carbocycles. The molecule has 0 aliphatic rings. The van der Waals surface area contributed by atoms with E-state index in [0.29, 0.717) is 12.5 Å². The lowest BCUT2D eigenvalue weighted by molar-refractivity contribution is 0.311. The van der Waals surface area contributed by atoms with E-state index in [1.54, 1.807) is 18.8 Å². The van der Waals surface area contributed by atoms with Gasteiger partial charge in [0, 0.05) is 33.1 Å². The molecule has 2 rings (SSSR count). The number of rotatable bonds is 12. The number of aliphatic imine (C=N–C) groups is 1. The van der Waals surface area contributed by atoms with Crippen molar-refractivity contribution in [2.45, 2.75) is 44.8 Å². The lowest BCUT2D eigenvalue weighted by atomic mass is 10.2. The first kappa shape index (κ1) is 23.1. The Hall–Kier alpha value is -2.22. The van der Waals surface area contributed by atoms with Crippen LogP contribution in [0.15, 0.2) is 40.5 Å². The Labute approximate surface area is 178 Å². The normalized spacial score (nSPS) is 11.7. The molecule has 1 aromatic carbocycles. The van der Waals surface area contributed by atoms with Crippen LogP contribution in [-0.4, -0.2) is 53.7 Å². The van der Waals surface area contributed by atoms with Crippen LogP contribution < -0.4 is 15.4 Å². The Kier molecular flexibility index (Phi) is 10.4.